The van der Waals surface area contributed by atoms with Gasteiger partial charge in [-0.05, 0) is 18.2 Å². The third kappa shape index (κ3) is 1.60. The average molecular weight is 264 g/mol. The van der Waals surface area contributed by atoms with Gasteiger partial charge in [0.15, 0.2) is 11.9 Å². The van der Waals surface area contributed by atoms with E-state index in [4.69, 9.17) is 4.74 Å². The van der Waals surface area contributed by atoms with Gasteiger partial charge < -0.3 is 9.84 Å². The molecule has 1 atom stereocenters. The standard InChI is InChI=1S/C17H14NO2/c19-17(14-8-2-1-3-9-14)12-18-11-5-7-13-6-4-10-15(20-17)16(13)18/h1-11,19H,12H2/q+1/t17-/m0/s1. The van der Waals surface area contributed by atoms with Gasteiger partial charge in [-0.3, -0.25) is 0 Å². The first kappa shape index (κ1) is 11.4. The van der Waals surface area contributed by atoms with Crippen LogP contribution in [0, 0.1) is 0 Å². The molecule has 0 amide bonds. The Hall–Kier alpha value is -2.39. The van der Waals surface area contributed by atoms with Crippen molar-refractivity contribution < 1.29 is 14.4 Å². The van der Waals surface area contributed by atoms with Gasteiger partial charge in [0.05, 0.1) is 5.39 Å². The minimum Gasteiger partial charge on any atom is -0.445 e. The van der Waals surface area contributed by atoms with Gasteiger partial charge in [0.1, 0.15) is 0 Å². The number of hydrogen-bond acceptors (Lipinski definition) is 2. The maximum atomic E-state index is 10.9. The number of pyridine rings is 1. The van der Waals surface area contributed by atoms with Crippen LogP contribution in [0.15, 0.2) is 66.9 Å². The van der Waals surface area contributed by atoms with E-state index in [0.29, 0.717) is 12.3 Å². The molecule has 0 spiro atoms. The van der Waals surface area contributed by atoms with E-state index >= 15 is 0 Å². The highest BCUT2D eigenvalue weighted by Gasteiger charge is 2.42. The molecule has 0 saturated heterocycles. The largest absolute Gasteiger partial charge is 0.445 e. The van der Waals surface area contributed by atoms with Crippen molar-refractivity contribution in [2.24, 2.45) is 0 Å². The fourth-order valence-corrected chi connectivity index (χ4v) is 2.81. The third-order valence-electron chi connectivity index (χ3n) is 3.75. The van der Waals surface area contributed by atoms with Crippen molar-refractivity contribution in [1.29, 1.82) is 0 Å². The maximum Gasteiger partial charge on any atom is 0.295 e. The second-order valence-electron chi connectivity index (χ2n) is 5.08. The van der Waals surface area contributed by atoms with Crippen molar-refractivity contribution in [3.05, 3.63) is 72.4 Å². The Kier molecular flexibility index (Phi) is 2.32. The van der Waals surface area contributed by atoms with E-state index in [1.807, 2.05) is 71.4 Å². The fraction of sp³-hybridized carbons (Fsp3) is 0.118. The first-order chi connectivity index (χ1) is 9.76. The summed E-state index contributed by atoms with van der Waals surface area (Å²) in [7, 11) is 0. The SMILES string of the molecule is O[C@@]1(c2ccccc2)C[n+]2cccc3cccc(c32)O1. The lowest BCUT2D eigenvalue weighted by molar-refractivity contribution is -0.703. The Labute approximate surface area is 116 Å². The number of ether oxygens (including phenoxy) is 1. The summed E-state index contributed by atoms with van der Waals surface area (Å²) in [5, 5.41) is 12.0. The zero-order chi connectivity index (χ0) is 13.6. The number of nitrogens with zero attached hydrogens (tertiary/aromatic N) is 1. The van der Waals surface area contributed by atoms with Gasteiger partial charge in [-0.2, -0.15) is 4.57 Å². The number of hydrogen-bond donors (Lipinski definition) is 1. The molecule has 1 aromatic heterocycles. The molecule has 1 N–H and O–H groups in total. The second-order valence-corrected chi connectivity index (χ2v) is 5.08. The van der Waals surface area contributed by atoms with Crippen LogP contribution in [0.4, 0.5) is 0 Å². The summed E-state index contributed by atoms with van der Waals surface area (Å²) in [6.07, 6.45) is 1.97. The predicted octanol–water partition coefficient (Wildman–Crippen LogP) is 2.37. The van der Waals surface area contributed by atoms with E-state index in [2.05, 4.69) is 0 Å². The molecular weight excluding hydrogens is 250 g/mol. The van der Waals surface area contributed by atoms with Crippen LogP contribution < -0.4 is 9.30 Å². The molecule has 20 heavy (non-hydrogen) atoms. The van der Waals surface area contributed by atoms with E-state index in [1.165, 1.54) is 0 Å². The summed E-state index contributed by atoms with van der Waals surface area (Å²) in [6, 6.07) is 19.4. The van der Waals surface area contributed by atoms with E-state index in [0.717, 1.165) is 16.5 Å². The van der Waals surface area contributed by atoms with Crippen LogP contribution in [0.5, 0.6) is 5.75 Å². The van der Waals surface area contributed by atoms with Crippen LogP contribution in [0.2, 0.25) is 0 Å². The molecule has 0 aliphatic carbocycles. The van der Waals surface area contributed by atoms with Crippen LogP contribution in [-0.4, -0.2) is 5.11 Å². The van der Waals surface area contributed by atoms with Gasteiger partial charge in [-0.15, -0.1) is 0 Å². The van der Waals surface area contributed by atoms with Crippen LogP contribution in [0.3, 0.4) is 0 Å². The van der Waals surface area contributed by atoms with Crippen molar-refractivity contribution in [3.8, 4) is 5.75 Å². The monoisotopic (exact) mass is 264 g/mol. The van der Waals surface area contributed by atoms with Crippen molar-refractivity contribution >= 4 is 10.9 Å². The maximum absolute atomic E-state index is 10.9. The zero-order valence-corrected chi connectivity index (χ0v) is 10.9. The molecule has 4 rings (SSSR count). The zero-order valence-electron chi connectivity index (χ0n) is 10.9. The summed E-state index contributed by atoms with van der Waals surface area (Å²) in [5.74, 6) is -0.616. The lowest BCUT2D eigenvalue weighted by atomic mass is 10.0. The predicted molar refractivity (Wildman–Crippen MR) is 75.1 cm³/mol. The molecule has 2 aromatic carbocycles. The Morgan fingerprint density at radius 3 is 2.60 bits per heavy atom. The van der Waals surface area contributed by atoms with Gasteiger partial charge in [0, 0.05) is 11.6 Å². The first-order valence-corrected chi connectivity index (χ1v) is 6.64. The number of benzene rings is 2. The van der Waals surface area contributed by atoms with Crippen molar-refractivity contribution in [3.63, 3.8) is 0 Å². The molecular formula is C17H14NO2+. The van der Waals surface area contributed by atoms with E-state index in [1.54, 1.807) is 0 Å². The average Bonchev–Trinajstić information content (AvgIpc) is 2.48. The molecule has 1 aliphatic rings. The lowest BCUT2D eigenvalue weighted by Crippen LogP contribution is -2.53. The van der Waals surface area contributed by atoms with E-state index in [9.17, 15) is 5.11 Å². The highest BCUT2D eigenvalue weighted by atomic mass is 16.6. The number of aromatic nitrogens is 1. The molecule has 2 heterocycles. The first-order valence-electron chi connectivity index (χ1n) is 6.64. The van der Waals surface area contributed by atoms with E-state index in [-0.39, 0.29) is 0 Å². The summed E-state index contributed by atoms with van der Waals surface area (Å²) >= 11 is 0. The number of rotatable bonds is 1. The van der Waals surface area contributed by atoms with Crippen LogP contribution in [-0.2, 0) is 12.3 Å². The summed E-state index contributed by atoms with van der Waals surface area (Å²) < 4.78 is 7.96. The quantitative estimate of drug-likeness (QED) is 0.684. The minimum atomic E-state index is -1.32. The smallest absolute Gasteiger partial charge is 0.295 e. The van der Waals surface area contributed by atoms with Crippen molar-refractivity contribution in [2.45, 2.75) is 12.3 Å². The normalized spacial score (nSPS) is 20.6. The van der Waals surface area contributed by atoms with Gasteiger partial charge in [-0.1, -0.05) is 36.4 Å². The van der Waals surface area contributed by atoms with Gasteiger partial charge in [0.25, 0.3) is 11.3 Å². The Balaban J connectivity index is 1.91. The molecule has 0 unspecified atom stereocenters. The van der Waals surface area contributed by atoms with Crippen LogP contribution in [0.25, 0.3) is 10.9 Å². The third-order valence-corrected chi connectivity index (χ3v) is 3.75. The fourth-order valence-electron chi connectivity index (χ4n) is 2.81. The minimum absolute atomic E-state index is 0.380. The molecule has 0 radical (unpaired) electrons. The van der Waals surface area contributed by atoms with Crippen LogP contribution in [0.1, 0.15) is 5.56 Å². The highest BCUT2D eigenvalue weighted by molar-refractivity contribution is 5.81. The van der Waals surface area contributed by atoms with Gasteiger partial charge in [0.2, 0.25) is 6.54 Å². The van der Waals surface area contributed by atoms with Crippen LogP contribution >= 0.6 is 0 Å². The molecule has 0 fully saturated rings. The summed E-state index contributed by atoms with van der Waals surface area (Å²) in [6.45, 7) is 0.380. The molecule has 1 aliphatic heterocycles. The second kappa shape index (κ2) is 4.05. The molecule has 0 saturated carbocycles. The van der Waals surface area contributed by atoms with Gasteiger partial charge >= 0.3 is 0 Å². The topological polar surface area (TPSA) is 33.3 Å². The molecule has 3 nitrogen and oxygen atoms in total. The Morgan fingerprint density at radius 2 is 1.75 bits per heavy atom. The molecule has 3 aromatic rings. The van der Waals surface area contributed by atoms with Crippen molar-refractivity contribution in [1.82, 2.24) is 0 Å². The molecule has 98 valence electrons. The highest BCUT2D eigenvalue weighted by Crippen LogP contribution is 2.34. The Bertz CT molecular complexity index is 743. The molecule has 0 bridgehead atoms. The van der Waals surface area contributed by atoms with Crippen molar-refractivity contribution in [2.75, 3.05) is 0 Å². The molecule has 3 heteroatoms. The number of para-hydroxylation sites is 1. The number of aliphatic hydroxyl groups is 1. The Morgan fingerprint density at radius 1 is 0.950 bits per heavy atom. The summed E-state index contributed by atoms with van der Waals surface area (Å²) in [4.78, 5) is 0. The lowest BCUT2D eigenvalue weighted by Gasteiger charge is -2.30. The van der Waals surface area contributed by atoms with Gasteiger partial charge in [-0.25, -0.2) is 0 Å². The van der Waals surface area contributed by atoms with E-state index < -0.39 is 5.79 Å². The summed E-state index contributed by atoms with van der Waals surface area (Å²) in [5.41, 5.74) is 1.79.